The molecule has 0 aromatic heterocycles. The van der Waals surface area contributed by atoms with Crippen LogP contribution in [0.3, 0.4) is 0 Å². The van der Waals surface area contributed by atoms with Crippen LogP contribution in [0.5, 0.6) is 0 Å². The maximum absolute atomic E-state index is 12.6. The number of rotatable bonds is 8. The highest BCUT2D eigenvalue weighted by Crippen LogP contribution is 2.52. The van der Waals surface area contributed by atoms with Gasteiger partial charge in [-0.25, -0.2) is 0 Å². The molecule has 0 saturated carbocycles. The summed E-state index contributed by atoms with van der Waals surface area (Å²) < 4.78 is 23.3. The van der Waals surface area contributed by atoms with Crippen molar-refractivity contribution in [2.45, 2.75) is 34.1 Å². The molecule has 0 amide bonds. The molecular formula is C15H25O3P. The van der Waals surface area contributed by atoms with Crippen LogP contribution >= 0.6 is 7.60 Å². The quantitative estimate of drug-likeness (QED) is 0.658. The number of hydrogen-bond acceptors (Lipinski definition) is 3. The molecule has 0 aliphatic heterocycles. The highest BCUT2D eigenvalue weighted by Gasteiger charge is 2.33. The number of benzene rings is 1. The van der Waals surface area contributed by atoms with Crippen molar-refractivity contribution >= 4 is 7.60 Å². The van der Waals surface area contributed by atoms with Crippen LogP contribution in [0.4, 0.5) is 0 Å². The van der Waals surface area contributed by atoms with Gasteiger partial charge in [0.1, 0.15) is 0 Å². The largest absolute Gasteiger partial charge is 0.331 e. The average Bonchev–Trinajstić information content (AvgIpc) is 2.28. The van der Waals surface area contributed by atoms with E-state index in [1.165, 1.54) is 5.56 Å². The smallest absolute Gasteiger partial charge is 0.309 e. The van der Waals surface area contributed by atoms with Gasteiger partial charge in [0.2, 0.25) is 0 Å². The Morgan fingerprint density at radius 1 is 1.05 bits per heavy atom. The van der Waals surface area contributed by atoms with Gasteiger partial charge in [-0.3, -0.25) is 4.57 Å². The topological polar surface area (TPSA) is 35.5 Å². The Hall–Kier alpha value is -0.630. The molecule has 108 valence electrons. The molecule has 0 aliphatic carbocycles. The van der Waals surface area contributed by atoms with E-state index >= 15 is 0 Å². The minimum atomic E-state index is -2.98. The monoisotopic (exact) mass is 284 g/mol. The second-order valence-electron chi connectivity index (χ2n) is 5.43. The van der Waals surface area contributed by atoms with Gasteiger partial charge in [0.25, 0.3) is 0 Å². The third-order valence-corrected chi connectivity index (χ3v) is 5.35. The first-order valence-electron chi connectivity index (χ1n) is 6.83. The lowest BCUT2D eigenvalue weighted by molar-refractivity contribution is 0.208. The molecule has 4 heteroatoms. The summed E-state index contributed by atoms with van der Waals surface area (Å²) in [5.41, 5.74) is 1.12. The average molecular weight is 284 g/mol. The predicted molar refractivity (Wildman–Crippen MR) is 79.7 cm³/mol. The summed E-state index contributed by atoms with van der Waals surface area (Å²) in [6, 6.07) is 10.2. The Morgan fingerprint density at radius 2 is 1.58 bits per heavy atom. The second-order valence-corrected chi connectivity index (χ2v) is 7.49. The molecule has 0 saturated heterocycles. The van der Waals surface area contributed by atoms with E-state index in [2.05, 4.69) is 26.0 Å². The molecule has 19 heavy (non-hydrogen) atoms. The van der Waals surface area contributed by atoms with Crippen LogP contribution in [0.2, 0.25) is 0 Å². The zero-order valence-corrected chi connectivity index (χ0v) is 13.3. The maximum atomic E-state index is 12.6. The first kappa shape index (κ1) is 16.4. The van der Waals surface area contributed by atoms with Gasteiger partial charge in [0, 0.05) is 0 Å². The minimum absolute atomic E-state index is 0.124. The highest BCUT2D eigenvalue weighted by molar-refractivity contribution is 7.53. The van der Waals surface area contributed by atoms with Gasteiger partial charge in [-0.05, 0) is 31.2 Å². The molecule has 3 nitrogen and oxygen atoms in total. The molecule has 1 aromatic rings. The van der Waals surface area contributed by atoms with Crippen LogP contribution in [-0.4, -0.2) is 19.4 Å². The summed E-state index contributed by atoms with van der Waals surface area (Å²) in [5.74, 6) is 0. The van der Waals surface area contributed by atoms with Crippen molar-refractivity contribution in [2.75, 3.05) is 19.4 Å². The number of hydrogen-bond donors (Lipinski definition) is 0. The van der Waals surface area contributed by atoms with Crippen molar-refractivity contribution in [3.8, 4) is 0 Å². The van der Waals surface area contributed by atoms with Crippen LogP contribution < -0.4 is 0 Å². The van der Waals surface area contributed by atoms with Crippen molar-refractivity contribution < 1.29 is 13.6 Å². The Kier molecular flexibility index (Phi) is 6.25. The summed E-state index contributed by atoms with van der Waals surface area (Å²) in [4.78, 5) is 0. The van der Waals surface area contributed by atoms with Gasteiger partial charge in [0.05, 0.1) is 19.4 Å². The van der Waals surface area contributed by atoms with Crippen LogP contribution in [0.1, 0.15) is 33.3 Å². The third-order valence-electron chi connectivity index (χ3n) is 2.80. The van der Waals surface area contributed by atoms with Gasteiger partial charge in [0.15, 0.2) is 0 Å². The van der Waals surface area contributed by atoms with E-state index in [0.29, 0.717) is 19.4 Å². The van der Waals surface area contributed by atoms with E-state index in [9.17, 15) is 4.57 Å². The highest BCUT2D eigenvalue weighted by atomic mass is 31.2. The minimum Gasteiger partial charge on any atom is -0.309 e. The summed E-state index contributed by atoms with van der Waals surface area (Å²) in [7, 11) is -2.98. The summed E-state index contributed by atoms with van der Waals surface area (Å²) in [5, 5.41) is 0. The summed E-state index contributed by atoms with van der Waals surface area (Å²) >= 11 is 0. The van der Waals surface area contributed by atoms with Gasteiger partial charge in [-0.2, -0.15) is 0 Å². The third kappa shape index (κ3) is 5.90. The van der Waals surface area contributed by atoms with Crippen molar-refractivity contribution in [1.29, 1.82) is 0 Å². The lowest BCUT2D eigenvalue weighted by Gasteiger charge is -2.29. The van der Waals surface area contributed by atoms with Crippen LogP contribution in [0.15, 0.2) is 30.3 Å². The molecule has 0 radical (unpaired) electrons. The van der Waals surface area contributed by atoms with Crippen molar-refractivity contribution in [3.05, 3.63) is 35.9 Å². The molecule has 0 atom stereocenters. The second kappa shape index (κ2) is 7.23. The van der Waals surface area contributed by atoms with Gasteiger partial charge in [-0.1, -0.05) is 44.2 Å². The van der Waals surface area contributed by atoms with E-state index in [1.807, 2.05) is 32.0 Å². The van der Waals surface area contributed by atoms with Crippen LogP contribution in [0.25, 0.3) is 0 Å². The Morgan fingerprint density at radius 3 is 2.05 bits per heavy atom. The normalized spacial score (nSPS) is 12.6. The molecular weight excluding hydrogens is 259 g/mol. The molecule has 0 fully saturated rings. The maximum Gasteiger partial charge on any atom is 0.331 e. The standard InChI is InChI=1S/C15H25O3P/c1-5-17-19(16,18-6-2)13-15(3,4)12-14-10-8-7-9-11-14/h7-11H,5-6,12-13H2,1-4H3. The molecule has 1 rings (SSSR count). The Balaban J connectivity index is 2.73. The first-order chi connectivity index (χ1) is 8.91. The van der Waals surface area contributed by atoms with Crippen molar-refractivity contribution in [3.63, 3.8) is 0 Å². The zero-order valence-electron chi connectivity index (χ0n) is 12.4. The van der Waals surface area contributed by atoms with E-state index in [4.69, 9.17) is 9.05 Å². The van der Waals surface area contributed by atoms with E-state index in [1.54, 1.807) is 0 Å². The van der Waals surface area contributed by atoms with Gasteiger partial charge in [-0.15, -0.1) is 0 Å². The SMILES string of the molecule is CCOP(=O)(CC(C)(C)Cc1ccccc1)OCC. The van der Waals surface area contributed by atoms with Crippen molar-refractivity contribution in [2.24, 2.45) is 5.41 Å². The lowest BCUT2D eigenvalue weighted by Crippen LogP contribution is -2.22. The van der Waals surface area contributed by atoms with E-state index < -0.39 is 7.60 Å². The van der Waals surface area contributed by atoms with Crippen molar-refractivity contribution in [1.82, 2.24) is 0 Å². The molecule has 0 N–H and O–H groups in total. The van der Waals surface area contributed by atoms with E-state index in [0.717, 1.165) is 6.42 Å². The molecule has 0 bridgehead atoms. The zero-order chi connectivity index (χ0) is 14.4. The first-order valence-corrected chi connectivity index (χ1v) is 8.55. The van der Waals surface area contributed by atoms with Gasteiger partial charge >= 0.3 is 7.60 Å². The Bertz CT molecular complexity index is 405. The fourth-order valence-corrected chi connectivity index (χ4v) is 4.45. The van der Waals surface area contributed by atoms with Crippen LogP contribution in [-0.2, 0) is 20.0 Å². The summed E-state index contributed by atoms with van der Waals surface area (Å²) in [6.45, 7) is 8.72. The summed E-state index contributed by atoms with van der Waals surface area (Å²) in [6.07, 6.45) is 1.30. The molecule has 1 aromatic carbocycles. The fourth-order valence-electron chi connectivity index (χ4n) is 2.25. The molecule has 0 unspecified atom stereocenters. The molecule has 0 heterocycles. The van der Waals surface area contributed by atoms with Gasteiger partial charge < -0.3 is 9.05 Å². The molecule has 0 aliphatic rings. The Labute approximate surface area is 116 Å². The van der Waals surface area contributed by atoms with E-state index in [-0.39, 0.29) is 5.41 Å². The lowest BCUT2D eigenvalue weighted by atomic mass is 9.88. The fraction of sp³-hybridized carbons (Fsp3) is 0.600. The molecule has 0 spiro atoms. The predicted octanol–water partition coefficient (Wildman–Crippen LogP) is 4.52. The van der Waals surface area contributed by atoms with Crippen LogP contribution in [0, 0.1) is 5.41 Å².